The first kappa shape index (κ1) is 14.0. The maximum Gasteiger partial charge on any atom is 0.272 e. The second-order valence-electron chi connectivity index (χ2n) is 4.74. The van der Waals surface area contributed by atoms with Gasteiger partial charge in [-0.3, -0.25) is 14.8 Å². The molecule has 0 bridgehead atoms. The summed E-state index contributed by atoms with van der Waals surface area (Å²) in [7, 11) is 0. The van der Waals surface area contributed by atoms with Gasteiger partial charge in [-0.05, 0) is 27.2 Å². The number of nitro groups is 1. The molecule has 0 fully saturated rings. The zero-order valence-electron chi connectivity index (χ0n) is 10.4. The lowest BCUT2D eigenvalue weighted by molar-refractivity contribution is -0.385. The maximum atomic E-state index is 10.8. The van der Waals surface area contributed by atoms with Crippen LogP contribution in [-0.2, 0) is 6.42 Å². The van der Waals surface area contributed by atoms with Crippen LogP contribution < -0.4 is 4.72 Å². The Morgan fingerprint density at radius 2 is 2.00 bits per heavy atom. The van der Waals surface area contributed by atoms with Gasteiger partial charge in [0.1, 0.15) is 0 Å². The molecule has 4 nitrogen and oxygen atoms in total. The van der Waals surface area contributed by atoms with Crippen LogP contribution in [0.15, 0.2) is 24.3 Å². The fourth-order valence-corrected chi connectivity index (χ4v) is 1.99. The van der Waals surface area contributed by atoms with E-state index in [0.29, 0.717) is 6.42 Å². The standard InChI is InChI=1S/C12H18N2O2S/c1-12(2,3)17-13-9-8-10-6-4-5-7-11(10)14(15)16/h4-7,13H,8-9H2,1-3H3. The molecule has 0 saturated carbocycles. The monoisotopic (exact) mass is 254 g/mol. The fraction of sp³-hybridized carbons (Fsp3) is 0.500. The highest BCUT2D eigenvalue weighted by molar-refractivity contribution is 7.98. The summed E-state index contributed by atoms with van der Waals surface area (Å²) < 4.78 is 3.39. The molecule has 0 aliphatic rings. The van der Waals surface area contributed by atoms with E-state index in [2.05, 4.69) is 25.5 Å². The third-order valence-electron chi connectivity index (χ3n) is 2.06. The van der Waals surface area contributed by atoms with Crippen molar-refractivity contribution in [3.63, 3.8) is 0 Å². The number of nitrogens with one attached hydrogen (secondary N) is 1. The number of rotatable bonds is 5. The van der Waals surface area contributed by atoms with Gasteiger partial charge in [0.2, 0.25) is 0 Å². The highest BCUT2D eigenvalue weighted by Gasteiger charge is 2.13. The Hall–Kier alpha value is -1.07. The van der Waals surface area contributed by atoms with Gasteiger partial charge in [-0.2, -0.15) is 0 Å². The molecular weight excluding hydrogens is 236 g/mol. The van der Waals surface area contributed by atoms with Crippen LogP contribution in [-0.4, -0.2) is 16.2 Å². The zero-order valence-corrected chi connectivity index (χ0v) is 11.2. The van der Waals surface area contributed by atoms with Crippen molar-refractivity contribution in [3.05, 3.63) is 39.9 Å². The molecule has 5 heteroatoms. The number of nitrogens with zero attached hydrogens (tertiary/aromatic N) is 1. The first-order chi connectivity index (χ1) is 7.90. The predicted molar refractivity (Wildman–Crippen MR) is 72.1 cm³/mol. The van der Waals surface area contributed by atoms with Gasteiger partial charge in [0.25, 0.3) is 5.69 Å². The van der Waals surface area contributed by atoms with Crippen molar-refractivity contribution in [3.8, 4) is 0 Å². The number of hydrogen-bond donors (Lipinski definition) is 1. The number of para-hydroxylation sites is 1. The molecule has 0 aliphatic carbocycles. The molecule has 0 saturated heterocycles. The topological polar surface area (TPSA) is 55.2 Å². The van der Waals surface area contributed by atoms with Gasteiger partial charge in [0.05, 0.1) is 4.92 Å². The summed E-state index contributed by atoms with van der Waals surface area (Å²) in [4.78, 5) is 10.5. The average Bonchev–Trinajstić information content (AvgIpc) is 2.23. The first-order valence-corrected chi connectivity index (χ1v) is 6.35. The molecule has 1 N–H and O–H groups in total. The van der Waals surface area contributed by atoms with E-state index < -0.39 is 0 Å². The molecule has 0 radical (unpaired) electrons. The molecule has 0 unspecified atom stereocenters. The number of nitro benzene ring substituents is 1. The lowest BCUT2D eigenvalue weighted by Crippen LogP contribution is -2.19. The third-order valence-corrected chi connectivity index (χ3v) is 3.02. The smallest absolute Gasteiger partial charge is 0.263 e. The summed E-state index contributed by atoms with van der Waals surface area (Å²) in [6.07, 6.45) is 0.667. The van der Waals surface area contributed by atoms with Crippen molar-refractivity contribution < 1.29 is 4.92 Å². The van der Waals surface area contributed by atoms with Crippen molar-refractivity contribution in [1.82, 2.24) is 4.72 Å². The summed E-state index contributed by atoms with van der Waals surface area (Å²) in [6.45, 7) is 7.09. The van der Waals surface area contributed by atoms with E-state index in [1.165, 1.54) is 0 Å². The minimum atomic E-state index is -0.327. The fourth-order valence-electron chi connectivity index (χ4n) is 1.35. The summed E-state index contributed by atoms with van der Waals surface area (Å²) in [5, 5.41) is 10.8. The Kier molecular flexibility index (Phi) is 4.96. The second kappa shape index (κ2) is 6.02. The highest BCUT2D eigenvalue weighted by Crippen LogP contribution is 2.21. The Morgan fingerprint density at radius 1 is 1.35 bits per heavy atom. The minimum absolute atomic E-state index is 0.155. The van der Waals surface area contributed by atoms with Gasteiger partial charge >= 0.3 is 0 Å². The van der Waals surface area contributed by atoms with Gasteiger partial charge in [0.15, 0.2) is 0 Å². The van der Waals surface area contributed by atoms with Crippen LogP contribution in [0.25, 0.3) is 0 Å². The summed E-state index contributed by atoms with van der Waals surface area (Å²) >= 11 is 1.65. The summed E-state index contributed by atoms with van der Waals surface area (Å²) in [6, 6.07) is 6.88. The molecular formula is C12H18N2O2S. The SMILES string of the molecule is CC(C)(C)SNCCc1ccccc1[N+](=O)[O-]. The van der Waals surface area contributed by atoms with Gasteiger partial charge in [0, 0.05) is 22.9 Å². The molecule has 1 rings (SSSR count). The third kappa shape index (κ3) is 5.19. The normalized spacial score (nSPS) is 11.5. The number of benzene rings is 1. The van der Waals surface area contributed by atoms with Gasteiger partial charge in [-0.25, -0.2) is 0 Å². The molecule has 17 heavy (non-hydrogen) atoms. The molecule has 0 spiro atoms. The van der Waals surface area contributed by atoms with Crippen LogP contribution in [0.5, 0.6) is 0 Å². The van der Waals surface area contributed by atoms with Crippen molar-refractivity contribution in [2.45, 2.75) is 31.9 Å². The maximum absolute atomic E-state index is 10.8. The highest BCUT2D eigenvalue weighted by atomic mass is 32.2. The van der Waals surface area contributed by atoms with E-state index in [4.69, 9.17) is 0 Å². The molecule has 1 aromatic carbocycles. The molecule has 0 aromatic heterocycles. The van der Waals surface area contributed by atoms with Gasteiger partial charge in [-0.1, -0.05) is 30.1 Å². The lowest BCUT2D eigenvalue weighted by Gasteiger charge is -2.17. The Labute approximate surface area is 106 Å². The Balaban J connectivity index is 2.49. The lowest BCUT2D eigenvalue weighted by atomic mass is 10.1. The van der Waals surface area contributed by atoms with Crippen LogP contribution in [0.1, 0.15) is 26.3 Å². The zero-order chi connectivity index (χ0) is 12.9. The molecule has 0 heterocycles. The van der Waals surface area contributed by atoms with Crippen LogP contribution in [0.3, 0.4) is 0 Å². The predicted octanol–water partition coefficient (Wildman–Crippen LogP) is 3.17. The Morgan fingerprint density at radius 3 is 2.59 bits per heavy atom. The van der Waals surface area contributed by atoms with Crippen molar-refractivity contribution in [1.29, 1.82) is 0 Å². The van der Waals surface area contributed by atoms with Crippen LogP contribution in [0.2, 0.25) is 0 Å². The van der Waals surface area contributed by atoms with E-state index in [-0.39, 0.29) is 15.4 Å². The number of hydrogen-bond acceptors (Lipinski definition) is 4. The molecule has 0 aliphatic heterocycles. The van der Waals surface area contributed by atoms with E-state index >= 15 is 0 Å². The summed E-state index contributed by atoms with van der Waals surface area (Å²) in [5.41, 5.74) is 0.981. The summed E-state index contributed by atoms with van der Waals surface area (Å²) in [5.74, 6) is 0. The van der Waals surface area contributed by atoms with E-state index in [9.17, 15) is 10.1 Å². The molecule has 1 aromatic rings. The van der Waals surface area contributed by atoms with Gasteiger partial charge < -0.3 is 0 Å². The Bertz CT molecular complexity index is 388. The molecule has 94 valence electrons. The van der Waals surface area contributed by atoms with E-state index in [1.54, 1.807) is 24.1 Å². The van der Waals surface area contributed by atoms with Crippen molar-refractivity contribution in [2.75, 3.05) is 6.54 Å². The average molecular weight is 254 g/mol. The molecule has 0 atom stereocenters. The minimum Gasteiger partial charge on any atom is -0.263 e. The van der Waals surface area contributed by atoms with E-state index in [0.717, 1.165) is 12.1 Å². The van der Waals surface area contributed by atoms with E-state index in [1.807, 2.05) is 12.1 Å². The van der Waals surface area contributed by atoms with Crippen LogP contribution >= 0.6 is 11.9 Å². The van der Waals surface area contributed by atoms with Crippen LogP contribution in [0.4, 0.5) is 5.69 Å². The quantitative estimate of drug-likeness (QED) is 0.379. The van der Waals surface area contributed by atoms with Crippen LogP contribution in [0, 0.1) is 10.1 Å². The second-order valence-corrected chi connectivity index (χ2v) is 6.46. The molecule has 0 amide bonds. The van der Waals surface area contributed by atoms with Gasteiger partial charge in [-0.15, -0.1) is 0 Å². The first-order valence-electron chi connectivity index (χ1n) is 5.53. The van der Waals surface area contributed by atoms with Crippen molar-refractivity contribution in [2.24, 2.45) is 0 Å². The van der Waals surface area contributed by atoms with Crippen molar-refractivity contribution >= 4 is 17.6 Å². The largest absolute Gasteiger partial charge is 0.272 e.